The number of amides is 2. The summed E-state index contributed by atoms with van der Waals surface area (Å²) in [6.45, 7) is 6.49. The Balaban J connectivity index is 2.26. The van der Waals surface area contributed by atoms with Crippen molar-refractivity contribution in [3.63, 3.8) is 0 Å². The van der Waals surface area contributed by atoms with E-state index in [1.807, 2.05) is 43.8 Å². The second-order valence-corrected chi connectivity index (χ2v) is 8.05. The molecule has 0 spiro atoms. The van der Waals surface area contributed by atoms with Crippen LogP contribution in [0.3, 0.4) is 0 Å². The number of hydrogen-bond donors (Lipinski definition) is 0. The molecule has 1 aromatic heterocycles. The summed E-state index contributed by atoms with van der Waals surface area (Å²) in [5.74, 6) is -0.798. The van der Waals surface area contributed by atoms with Gasteiger partial charge in [-0.15, -0.1) is 0 Å². The van der Waals surface area contributed by atoms with Crippen LogP contribution in [0.4, 0.5) is 13.2 Å². The predicted molar refractivity (Wildman–Crippen MR) is 118 cm³/mol. The molecule has 0 aliphatic rings. The van der Waals surface area contributed by atoms with Gasteiger partial charge < -0.3 is 14.4 Å². The number of carbonyl (C=O) groups excluding carboxylic acids is 2. The van der Waals surface area contributed by atoms with Crippen LogP contribution in [-0.2, 0) is 24.6 Å². The van der Waals surface area contributed by atoms with Crippen LogP contribution >= 0.6 is 0 Å². The molecule has 1 unspecified atom stereocenters. The Morgan fingerprint density at radius 1 is 1.12 bits per heavy atom. The molecule has 32 heavy (non-hydrogen) atoms. The van der Waals surface area contributed by atoms with E-state index >= 15 is 0 Å². The second kappa shape index (κ2) is 11.2. The van der Waals surface area contributed by atoms with Crippen molar-refractivity contribution >= 4 is 11.8 Å². The van der Waals surface area contributed by atoms with Crippen LogP contribution in [-0.4, -0.2) is 45.3 Å². The molecule has 1 atom stereocenters. The first-order valence-electron chi connectivity index (χ1n) is 10.9. The van der Waals surface area contributed by atoms with Crippen molar-refractivity contribution in [3.05, 3.63) is 59.4 Å². The summed E-state index contributed by atoms with van der Waals surface area (Å²) < 4.78 is 41.3. The van der Waals surface area contributed by atoms with Crippen molar-refractivity contribution < 1.29 is 22.8 Å². The van der Waals surface area contributed by atoms with Crippen LogP contribution in [0.25, 0.3) is 0 Å². The second-order valence-electron chi connectivity index (χ2n) is 8.05. The largest absolute Gasteiger partial charge is 0.416 e. The molecule has 176 valence electrons. The van der Waals surface area contributed by atoms with Crippen molar-refractivity contribution in [2.45, 2.75) is 58.8 Å². The van der Waals surface area contributed by atoms with Crippen molar-refractivity contribution in [3.8, 4) is 0 Å². The molecule has 0 saturated carbocycles. The number of hydrogen-bond acceptors (Lipinski definition) is 2. The van der Waals surface area contributed by atoms with Crippen LogP contribution in [0, 0.1) is 0 Å². The fourth-order valence-electron chi connectivity index (χ4n) is 3.39. The van der Waals surface area contributed by atoms with Gasteiger partial charge in [0.15, 0.2) is 0 Å². The minimum atomic E-state index is -4.54. The summed E-state index contributed by atoms with van der Waals surface area (Å²) in [5, 5.41) is 0. The highest BCUT2D eigenvalue weighted by Crippen LogP contribution is 2.30. The SMILES string of the molecule is CCCCN(Cc1cccn1C)C(=O)CN(C(=O)c1cccc(C(F)(F)F)c1)C(C)CC. The van der Waals surface area contributed by atoms with Crippen LogP contribution in [0.2, 0.25) is 0 Å². The van der Waals surface area contributed by atoms with Crippen molar-refractivity contribution in [1.82, 2.24) is 14.4 Å². The summed E-state index contributed by atoms with van der Waals surface area (Å²) >= 11 is 0. The number of carbonyl (C=O) groups is 2. The van der Waals surface area contributed by atoms with Gasteiger partial charge in [0.1, 0.15) is 6.54 Å². The Morgan fingerprint density at radius 3 is 2.41 bits per heavy atom. The third-order valence-corrected chi connectivity index (χ3v) is 5.66. The third kappa shape index (κ3) is 6.61. The van der Waals surface area contributed by atoms with E-state index in [1.165, 1.54) is 17.0 Å². The molecule has 2 rings (SSSR count). The van der Waals surface area contributed by atoms with Crippen LogP contribution in [0.15, 0.2) is 42.6 Å². The van der Waals surface area contributed by atoms with Gasteiger partial charge in [0.25, 0.3) is 5.91 Å². The van der Waals surface area contributed by atoms with Gasteiger partial charge in [0.2, 0.25) is 5.91 Å². The zero-order valence-electron chi connectivity index (χ0n) is 19.2. The Hall–Kier alpha value is -2.77. The van der Waals surface area contributed by atoms with Gasteiger partial charge in [-0.3, -0.25) is 9.59 Å². The van der Waals surface area contributed by atoms with Gasteiger partial charge in [0, 0.05) is 37.1 Å². The maximum Gasteiger partial charge on any atom is 0.416 e. The average Bonchev–Trinajstić information content (AvgIpc) is 3.17. The lowest BCUT2D eigenvalue weighted by Crippen LogP contribution is -2.46. The van der Waals surface area contributed by atoms with Gasteiger partial charge >= 0.3 is 6.18 Å². The molecule has 1 aromatic carbocycles. The normalized spacial score (nSPS) is 12.5. The van der Waals surface area contributed by atoms with E-state index in [0.717, 1.165) is 30.7 Å². The number of aryl methyl sites for hydroxylation is 1. The monoisotopic (exact) mass is 451 g/mol. The van der Waals surface area contributed by atoms with E-state index in [0.29, 0.717) is 19.5 Å². The summed E-state index contributed by atoms with van der Waals surface area (Å²) in [4.78, 5) is 29.5. The first-order valence-corrected chi connectivity index (χ1v) is 10.9. The fourth-order valence-corrected chi connectivity index (χ4v) is 3.39. The van der Waals surface area contributed by atoms with Crippen molar-refractivity contribution in [1.29, 1.82) is 0 Å². The number of aromatic nitrogens is 1. The number of halogens is 3. The molecule has 0 aliphatic carbocycles. The number of rotatable bonds is 10. The van der Waals surface area contributed by atoms with Gasteiger partial charge in [-0.1, -0.05) is 26.3 Å². The average molecular weight is 452 g/mol. The van der Waals surface area contributed by atoms with Crippen LogP contribution < -0.4 is 0 Å². The van der Waals surface area contributed by atoms with Crippen molar-refractivity contribution in [2.24, 2.45) is 7.05 Å². The molecule has 0 N–H and O–H groups in total. The van der Waals surface area contributed by atoms with Gasteiger partial charge in [0.05, 0.1) is 12.1 Å². The molecular formula is C24H32F3N3O2. The quantitative estimate of drug-likeness (QED) is 0.504. The number of unbranched alkanes of at least 4 members (excludes halogenated alkanes) is 1. The highest BCUT2D eigenvalue weighted by Gasteiger charge is 2.32. The minimum absolute atomic E-state index is 0.0736. The maximum atomic E-state index is 13.2. The van der Waals surface area contributed by atoms with Crippen LogP contribution in [0.1, 0.15) is 61.6 Å². The molecule has 0 saturated heterocycles. The smallest absolute Gasteiger partial charge is 0.353 e. The molecule has 0 aliphatic heterocycles. The molecular weight excluding hydrogens is 419 g/mol. The number of alkyl halides is 3. The number of nitrogens with zero attached hydrogens (tertiary/aromatic N) is 3. The van der Waals surface area contributed by atoms with Crippen molar-refractivity contribution in [2.75, 3.05) is 13.1 Å². The Bertz CT molecular complexity index is 908. The van der Waals surface area contributed by atoms with Crippen LogP contribution in [0.5, 0.6) is 0 Å². The maximum absolute atomic E-state index is 13.2. The van der Waals surface area contributed by atoms with Gasteiger partial charge in [-0.25, -0.2) is 0 Å². The predicted octanol–water partition coefficient (Wildman–Crippen LogP) is 5.11. The lowest BCUT2D eigenvalue weighted by Gasteiger charge is -2.31. The van der Waals surface area contributed by atoms with E-state index in [4.69, 9.17) is 0 Å². The Morgan fingerprint density at radius 2 is 1.84 bits per heavy atom. The lowest BCUT2D eigenvalue weighted by atomic mass is 10.1. The first-order chi connectivity index (χ1) is 15.1. The Kier molecular flexibility index (Phi) is 8.92. The summed E-state index contributed by atoms with van der Waals surface area (Å²) in [6, 6.07) is 7.89. The fraction of sp³-hybridized carbons (Fsp3) is 0.500. The highest BCUT2D eigenvalue weighted by atomic mass is 19.4. The topological polar surface area (TPSA) is 45.6 Å². The van der Waals surface area contributed by atoms with E-state index in [-0.39, 0.29) is 24.1 Å². The zero-order chi connectivity index (χ0) is 23.9. The summed E-state index contributed by atoms with van der Waals surface area (Å²) in [5.41, 5.74) is 0.0104. The third-order valence-electron chi connectivity index (χ3n) is 5.66. The van der Waals surface area contributed by atoms with E-state index < -0.39 is 17.6 Å². The Labute approximate surface area is 187 Å². The standard InChI is InChI=1S/C24H32F3N3O2/c1-5-7-14-29(16-21-12-9-13-28(21)4)22(31)17-30(18(3)6-2)23(32)19-10-8-11-20(15-19)24(25,26)27/h8-13,15,18H,5-7,14,16-17H2,1-4H3. The molecule has 2 aromatic rings. The first kappa shape index (κ1) is 25.5. The summed E-state index contributed by atoms with van der Waals surface area (Å²) in [7, 11) is 1.90. The summed E-state index contributed by atoms with van der Waals surface area (Å²) in [6.07, 6.45) is -0.333. The van der Waals surface area contributed by atoms with E-state index in [9.17, 15) is 22.8 Å². The zero-order valence-corrected chi connectivity index (χ0v) is 19.2. The molecule has 2 amide bonds. The van der Waals surface area contributed by atoms with E-state index in [1.54, 1.807) is 11.8 Å². The molecule has 5 nitrogen and oxygen atoms in total. The molecule has 1 heterocycles. The van der Waals surface area contributed by atoms with Gasteiger partial charge in [-0.05, 0) is 50.1 Å². The number of benzene rings is 1. The highest BCUT2D eigenvalue weighted by molar-refractivity contribution is 5.97. The molecule has 8 heteroatoms. The molecule has 0 bridgehead atoms. The molecule has 0 fully saturated rings. The lowest BCUT2D eigenvalue weighted by molar-refractivity contribution is -0.137. The molecule has 0 radical (unpaired) electrons. The minimum Gasteiger partial charge on any atom is -0.353 e. The van der Waals surface area contributed by atoms with E-state index in [2.05, 4.69) is 0 Å². The van der Waals surface area contributed by atoms with Gasteiger partial charge in [-0.2, -0.15) is 13.2 Å².